The molecule has 1 aromatic heterocycles. The fraction of sp³-hybridized carbons (Fsp3) is 0.688. The van der Waals surface area contributed by atoms with Gasteiger partial charge in [0, 0.05) is 11.4 Å². The number of thiophene rings is 1. The van der Waals surface area contributed by atoms with E-state index >= 15 is 0 Å². The minimum Gasteiger partial charge on any atom is -0.338 e. The molecule has 0 bridgehead atoms. The van der Waals surface area contributed by atoms with Gasteiger partial charge in [-0.15, -0.1) is 11.3 Å². The molecule has 1 atom stereocenters. The highest BCUT2D eigenvalue weighted by Gasteiger charge is 2.15. The molecule has 1 fully saturated rings. The highest BCUT2D eigenvalue weighted by molar-refractivity contribution is 7.10. The normalized spacial score (nSPS) is 17.1. The zero-order valence-corrected chi connectivity index (χ0v) is 13.2. The van der Waals surface area contributed by atoms with Crippen LogP contribution >= 0.6 is 11.3 Å². The molecule has 0 aliphatic heterocycles. The lowest BCUT2D eigenvalue weighted by Gasteiger charge is -2.16. The second-order valence-electron chi connectivity index (χ2n) is 5.67. The molecule has 2 rings (SSSR count). The van der Waals surface area contributed by atoms with Crippen LogP contribution in [-0.4, -0.2) is 12.6 Å². The van der Waals surface area contributed by atoms with E-state index in [1.807, 2.05) is 6.07 Å². The molecule has 1 aliphatic carbocycles. The average Bonchev–Trinajstić information content (AvgIpc) is 3.13. The Bertz CT molecular complexity index is 385. The summed E-state index contributed by atoms with van der Waals surface area (Å²) in [5.74, 6) is 0.911. The molecular formula is C16H26N2OS. The Labute approximate surface area is 126 Å². The largest absolute Gasteiger partial charge is 0.338 e. The molecule has 0 radical (unpaired) electrons. The van der Waals surface area contributed by atoms with Crippen molar-refractivity contribution in [2.24, 2.45) is 5.92 Å². The lowest BCUT2D eigenvalue weighted by Crippen LogP contribution is -2.38. The fourth-order valence-electron chi connectivity index (χ4n) is 2.96. The molecule has 1 unspecified atom stereocenters. The molecule has 4 heteroatoms. The van der Waals surface area contributed by atoms with Crippen LogP contribution in [0.4, 0.5) is 4.79 Å². The number of amides is 2. The van der Waals surface area contributed by atoms with Gasteiger partial charge in [0.15, 0.2) is 0 Å². The van der Waals surface area contributed by atoms with Crippen LogP contribution in [0.1, 0.15) is 62.8 Å². The molecule has 0 saturated heterocycles. The van der Waals surface area contributed by atoms with Gasteiger partial charge < -0.3 is 10.6 Å². The topological polar surface area (TPSA) is 41.1 Å². The summed E-state index contributed by atoms with van der Waals surface area (Å²) >= 11 is 1.70. The maximum Gasteiger partial charge on any atom is 0.315 e. The Kier molecular flexibility index (Phi) is 6.37. The summed E-state index contributed by atoms with van der Waals surface area (Å²) in [7, 11) is 0. The summed E-state index contributed by atoms with van der Waals surface area (Å²) in [4.78, 5) is 13.1. The molecule has 1 aliphatic rings. The van der Waals surface area contributed by atoms with Gasteiger partial charge >= 0.3 is 6.03 Å². The smallest absolute Gasteiger partial charge is 0.315 e. The Balaban J connectivity index is 1.61. The van der Waals surface area contributed by atoms with E-state index in [1.54, 1.807) is 11.3 Å². The van der Waals surface area contributed by atoms with Crippen LogP contribution in [0.3, 0.4) is 0 Å². The molecule has 20 heavy (non-hydrogen) atoms. The first-order valence-corrected chi connectivity index (χ1v) is 8.75. The molecule has 112 valence electrons. The third-order valence-electron chi connectivity index (χ3n) is 4.15. The lowest BCUT2D eigenvalue weighted by molar-refractivity contribution is 0.236. The summed E-state index contributed by atoms with van der Waals surface area (Å²) in [6.07, 6.45) is 8.88. The molecule has 0 aromatic carbocycles. The quantitative estimate of drug-likeness (QED) is 0.716. The molecule has 2 amide bonds. The standard InChI is InChI=1S/C16H26N2OS/c1-2-14(15-10-6-12-20-15)18-16(19)17-11-5-9-13-7-3-4-8-13/h6,10,12-14H,2-5,7-9,11H2,1H3,(H2,17,18,19). The molecule has 3 nitrogen and oxygen atoms in total. The number of rotatable bonds is 7. The molecule has 1 heterocycles. The van der Waals surface area contributed by atoms with Gasteiger partial charge in [0.05, 0.1) is 6.04 Å². The maximum atomic E-state index is 11.9. The van der Waals surface area contributed by atoms with Crippen molar-refractivity contribution in [2.75, 3.05) is 6.54 Å². The van der Waals surface area contributed by atoms with Gasteiger partial charge in [-0.3, -0.25) is 0 Å². The Hall–Kier alpha value is -1.03. The van der Waals surface area contributed by atoms with Crippen molar-refractivity contribution in [3.8, 4) is 0 Å². The van der Waals surface area contributed by atoms with Crippen LogP contribution in [0.2, 0.25) is 0 Å². The van der Waals surface area contributed by atoms with Crippen LogP contribution in [-0.2, 0) is 0 Å². The molecule has 2 N–H and O–H groups in total. The third-order valence-corrected chi connectivity index (χ3v) is 5.14. The van der Waals surface area contributed by atoms with E-state index in [4.69, 9.17) is 0 Å². The Morgan fingerprint density at radius 1 is 1.45 bits per heavy atom. The summed E-state index contributed by atoms with van der Waals surface area (Å²) in [5.41, 5.74) is 0. The molecule has 0 spiro atoms. The van der Waals surface area contributed by atoms with Gasteiger partial charge in [0.1, 0.15) is 0 Å². The van der Waals surface area contributed by atoms with E-state index in [0.29, 0.717) is 0 Å². The first-order chi connectivity index (χ1) is 9.79. The van der Waals surface area contributed by atoms with Crippen molar-refractivity contribution in [1.29, 1.82) is 0 Å². The summed E-state index contributed by atoms with van der Waals surface area (Å²) in [5, 5.41) is 8.10. The predicted molar refractivity (Wildman–Crippen MR) is 85.1 cm³/mol. The van der Waals surface area contributed by atoms with Crippen molar-refractivity contribution in [2.45, 2.75) is 57.9 Å². The minimum atomic E-state index is -0.0309. The van der Waals surface area contributed by atoms with Gasteiger partial charge in [-0.05, 0) is 36.6 Å². The summed E-state index contributed by atoms with van der Waals surface area (Å²) in [6.45, 7) is 2.90. The van der Waals surface area contributed by atoms with Crippen molar-refractivity contribution in [3.05, 3.63) is 22.4 Å². The van der Waals surface area contributed by atoms with Crippen molar-refractivity contribution >= 4 is 17.4 Å². The van der Waals surface area contributed by atoms with Gasteiger partial charge in [0.25, 0.3) is 0 Å². The van der Waals surface area contributed by atoms with E-state index in [9.17, 15) is 4.79 Å². The highest BCUT2D eigenvalue weighted by Crippen LogP contribution is 2.28. The van der Waals surface area contributed by atoms with Gasteiger partial charge in [-0.2, -0.15) is 0 Å². The zero-order chi connectivity index (χ0) is 14.2. The van der Waals surface area contributed by atoms with Crippen LogP contribution < -0.4 is 10.6 Å². The Morgan fingerprint density at radius 2 is 2.25 bits per heavy atom. The number of carbonyl (C=O) groups is 1. The summed E-state index contributed by atoms with van der Waals surface area (Å²) in [6, 6.07) is 4.23. The number of nitrogens with one attached hydrogen (secondary N) is 2. The number of hydrogen-bond acceptors (Lipinski definition) is 2. The number of hydrogen-bond donors (Lipinski definition) is 2. The van der Waals surface area contributed by atoms with E-state index in [0.717, 1.165) is 25.3 Å². The lowest BCUT2D eigenvalue weighted by atomic mass is 10.0. The average molecular weight is 294 g/mol. The van der Waals surface area contributed by atoms with E-state index in [1.165, 1.54) is 37.0 Å². The minimum absolute atomic E-state index is 0.0309. The third kappa shape index (κ3) is 4.82. The van der Waals surface area contributed by atoms with E-state index < -0.39 is 0 Å². The SMILES string of the molecule is CCC(NC(=O)NCCCC1CCCC1)c1cccs1. The van der Waals surface area contributed by atoms with Gasteiger partial charge in [0.2, 0.25) is 0 Å². The first-order valence-electron chi connectivity index (χ1n) is 7.87. The van der Waals surface area contributed by atoms with Crippen molar-refractivity contribution in [3.63, 3.8) is 0 Å². The molecule has 1 aromatic rings. The zero-order valence-electron chi connectivity index (χ0n) is 12.4. The first kappa shape index (κ1) is 15.4. The number of carbonyl (C=O) groups excluding carboxylic acids is 1. The van der Waals surface area contributed by atoms with Crippen LogP contribution in [0, 0.1) is 5.92 Å². The molecule has 1 saturated carbocycles. The van der Waals surface area contributed by atoms with Crippen LogP contribution in [0.15, 0.2) is 17.5 Å². The maximum absolute atomic E-state index is 11.9. The van der Waals surface area contributed by atoms with E-state index in [2.05, 4.69) is 29.0 Å². The monoisotopic (exact) mass is 294 g/mol. The van der Waals surface area contributed by atoms with Crippen LogP contribution in [0.5, 0.6) is 0 Å². The fourth-order valence-corrected chi connectivity index (χ4v) is 3.83. The molecular weight excluding hydrogens is 268 g/mol. The second kappa shape index (κ2) is 8.30. The highest BCUT2D eigenvalue weighted by atomic mass is 32.1. The Morgan fingerprint density at radius 3 is 2.90 bits per heavy atom. The van der Waals surface area contributed by atoms with Crippen molar-refractivity contribution in [1.82, 2.24) is 10.6 Å². The number of urea groups is 1. The van der Waals surface area contributed by atoms with E-state index in [-0.39, 0.29) is 12.1 Å². The van der Waals surface area contributed by atoms with Gasteiger partial charge in [-0.1, -0.05) is 38.7 Å². The second-order valence-corrected chi connectivity index (χ2v) is 6.65. The summed E-state index contributed by atoms with van der Waals surface area (Å²) < 4.78 is 0. The van der Waals surface area contributed by atoms with Crippen LogP contribution in [0.25, 0.3) is 0 Å². The van der Waals surface area contributed by atoms with Crippen molar-refractivity contribution < 1.29 is 4.79 Å². The predicted octanol–water partition coefficient (Wildman–Crippen LogP) is 4.47. The van der Waals surface area contributed by atoms with Gasteiger partial charge in [-0.25, -0.2) is 4.79 Å².